The summed E-state index contributed by atoms with van der Waals surface area (Å²) >= 11 is 0. The zero-order valence-electron chi connectivity index (χ0n) is 49.8. The highest BCUT2D eigenvalue weighted by Gasteiger charge is 2.70. The minimum absolute atomic E-state index is 0. The Morgan fingerprint density at radius 3 is 0.887 bits per heavy atom. The standard InChI is InChI=1S/C19H36N4O4.C8H16N2O3.C8H16N2O2.C7H14N2O3.C7H14N2O2.5CH4/c1-14(2)9-18(10-15(3,4)21(14)25)13(24)20-19(23(18)27)11-16(5,6)22(26)17(7,8)12-19;1-7(2)6(11)9(13-5)8(3,4)10(7)12;1-7(2)6(11)9(5)8(3,4)10(7)12;1-6(2)5(10)8(11)7(3,4)9(6)12;1-6(2)5(10)8-7(3,4)9(6)11;;;;;/h25-27H,9-12H2,1-8H3,(H,20,24);12H,1-5H3;12H,1-5H3;11-12H,1-4H3;11H,1-4H3,(H,8,10);5*1H4. The zero-order valence-corrected chi connectivity index (χ0v) is 49.8. The van der Waals surface area contributed by atoms with E-state index in [-0.39, 0.29) is 60.8 Å². The number of likely N-dealkylation sites (N-methyl/N-ethyl adjacent to an activating group) is 1. The molecule has 0 aromatic heterocycles. The van der Waals surface area contributed by atoms with Gasteiger partial charge in [0.15, 0.2) is 0 Å². The largest absolute Gasteiger partial charge is 0.335 e. The molecule has 7 heterocycles. The van der Waals surface area contributed by atoms with Gasteiger partial charge in [-0.2, -0.15) is 30.4 Å². The van der Waals surface area contributed by atoms with Gasteiger partial charge in [0.05, 0.1) is 7.11 Å². The summed E-state index contributed by atoms with van der Waals surface area (Å²) in [4.78, 5) is 65.6. The van der Waals surface area contributed by atoms with Crippen LogP contribution in [-0.2, 0) is 28.8 Å². The normalized spacial score (nSPS) is 28.3. The van der Waals surface area contributed by atoms with Gasteiger partial charge in [0.1, 0.15) is 56.0 Å². The third-order valence-corrected chi connectivity index (χ3v) is 16.2. The van der Waals surface area contributed by atoms with Crippen LogP contribution in [0.1, 0.15) is 229 Å². The third-order valence-electron chi connectivity index (χ3n) is 16.2. The van der Waals surface area contributed by atoms with Crippen molar-refractivity contribution in [2.75, 3.05) is 14.2 Å². The molecule has 80 heavy (non-hydrogen) atoms. The molecule has 0 aliphatic carbocycles. The fraction of sp³-hybridized carbons (Fsp3) is 0.907. The van der Waals surface area contributed by atoms with Crippen LogP contribution in [0, 0.1) is 0 Å². The van der Waals surface area contributed by atoms with E-state index in [0.717, 1.165) is 20.3 Å². The van der Waals surface area contributed by atoms with Crippen LogP contribution in [0.25, 0.3) is 0 Å². The lowest BCUT2D eigenvalue weighted by atomic mass is 9.69. The second-order valence-electron chi connectivity index (χ2n) is 27.7. The quantitative estimate of drug-likeness (QED) is 0.114. The maximum atomic E-state index is 13.3. The van der Waals surface area contributed by atoms with Gasteiger partial charge in [-0.1, -0.05) is 37.1 Å². The summed E-state index contributed by atoms with van der Waals surface area (Å²) in [5.41, 5.74) is -11.5. The van der Waals surface area contributed by atoms with Gasteiger partial charge in [0.2, 0.25) is 17.7 Å². The van der Waals surface area contributed by atoms with E-state index >= 15 is 0 Å². The predicted molar refractivity (Wildman–Crippen MR) is 303 cm³/mol. The van der Waals surface area contributed by atoms with Gasteiger partial charge in [-0.15, -0.1) is 10.1 Å². The van der Waals surface area contributed by atoms with Crippen LogP contribution < -0.4 is 10.6 Å². The minimum Gasteiger partial charge on any atom is -0.335 e. The Morgan fingerprint density at radius 2 is 0.700 bits per heavy atom. The summed E-state index contributed by atoms with van der Waals surface area (Å²) in [7, 11) is 3.11. The molecule has 26 heteroatoms. The first kappa shape index (κ1) is 80.9. The van der Waals surface area contributed by atoms with Crippen LogP contribution in [0.3, 0.4) is 0 Å². The van der Waals surface area contributed by atoms with Crippen molar-refractivity contribution < 1.29 is 70.5 Å². The fourth-order valence-corrected chi connectivity index (χ4v) is 12.3. The van der Waals surface area contributed by atoms with Gasteiger partial charge in [-0.25, -0.2) is 5.06 Å². The number of nitrogens with one attached hydrogen (secondary N) is 2. The monoisotopic (exact) mass is 1160 g/mol. The number of carbonyl (C=O) groups excluding carboxylic acids is 5. The smallest absolute Gasteiger partial charge is 0.270 e. The Bertz CT molecular complexity index is 2130. The first-order chi connectivity index (χ1) is 32.9. The fourth-order valence-electron chi connectivity index (χ4n) is 12.3. The first-order valence-corrected chi connectivity index (χ1v) is 25.2. The zero-order chi connectivity index (χ0) is 59.6. The van der Waals surface area contributed by atoms with Crippen molar-refractivity contribution in [2.45, 2.75) is 307 Å². The van der Waals surface area contributed by atoms with Crippen molar-refractivity contribution in [1.29, 1.82) is 0 Å². The highest BCUT2D eigenvalue weighted by atomic mass is 16.7. The molecule has 476 valence electrons. The van der Waals surface area contributed by atoms with Crippen molar-refractivity contribution in [3.63, 3.8) is 0 Å². The summed E-state index contributed by atoms with van der Waals surface area (Å²) in [5, 5.41) is 96.0. The number of hydrogen-bond acceptors (Lipinski definition) is 21. The Morgan fingerprint density at radius 1 is 0.375 bits per heavy atom. The molecule has 0 atom stereocenters. The molecule has 26 nitrogen and oxygen atoms in total. The highest BCUT2D eigenvalue weighted by Crippen LogP contribution is 2.54. The molecule has 0 bridgehead atoms. The van der Waals surface area contributed by atoms with E-state index in [9.17, 15) is 65.6 Å². The van der Waals surface area contributed by atoms with E-state index < -0.39 is 84.1 Å². The summed E-state index contributed by atoms with van der Waals surface area (Å²) in [6.45, 7) is 42.0. The van der Waals surface area contributed by atoms with Crippen LogP contribution >= 0.6 is 0 Å². The molecule has 0 saturated carbocycles. The van der Waals surface area contributed by atoms with Gasteiger partial charge < -0.3 is 52.0 Å². The summed E-state index contributed by atoms with van der Waals surface area (Å²) in [6.07, 6.45) is 1.36. The lowest BCUT2D eigenvalue weighted by molar-refractivity contribution is -0.325. The van der Waals surface area contributed by atoms with Gasteiger partial charge in [-0.3, -0.25) is 34.0 Å². The molecule has 0 aromatic rings. The molecular weight excluding hydrogens is 1040 g/mol. The van der Waals surface area contributed by atoms with E-state index in [4.69, 9.17) is 4.84 Å². The molecule has 0 unspecified atom stereocenters. The number of hydroxylamine groups is 18. The van der Waals surface area contributed by atoms with Crippen molar-refractivity contribution in [1.82, 2.24) is 61.1 Å². The van der Waals surface area contributed by atoms with Gasteiger partial charge in [0.25, 0.3) is 11.8 Å². The molecule has 7 rings (SSSR count). The SMILES string of the molecule is C.C.C.C.C.CC1(C)C(=O)N(O)C(C)(C)N1O.CC1(C)CC2(CC(C)(C)N1O)NC(=O)C1(CC(C)(C)N(O)C(C)(C)C1)N2O.CC1(C)NC(=O)C(C)(C)N1O.CN1C(=O)C(C)(C)N(O)C1(C)C.CON1C(=O)C(C)(C)N(O)C1(C)C. The first-order valence-electron chi connectivity index (χ1n) is 25.2. The Hall–Kier alpha value is -3.29. The van der Waals surface area contributed by atoms with E-state index in [1.807, 2.05) is 55.4 Å². The van der Waals surface area contributed by atoms with Gasteiger partial charge >= 0.3 is 0 Å². The maximum absolute atomic E-state index is 13.3. The Balaban J connectivity index is -0.000000965. The number of carbonyl (C=O) groups is 5. The summed E-state index contributed by atoms with van der Waals surface area (Å²) in [6, 6.07) is 0. The summed E-state index contributed by atoms with van der Waals surface area (Å²) < 4.78 is 0. The second-order valence-corrected chi connectivity index (χ2v) is 27.7. The molecule has 7 saturated heterocycles. The van der Waals surface area contributed by atoms with Crippen LogP contribution in [0.15, 0.2) is 0 Å². The molecule has 2 spiro atoms. The molecule has 0 radical (unpaired) electrons. The van der Waals surface area contributed by atoms with E-state index in [1.54, 1.807) is 123 Å². The number of nitrogens with zero attached hydrogens (tertiary/aromatic N) is 10. The topological polar surface area (TPSA) is 313 Å². The van der Waals surface area contributed by atoms with Crippen LogP contribution in [-0.4, -0.2) is 214 Å². The minimum atomic E-state index is -1.13. The molecule has 7 fully saturated rings. The summed E-state index contributed by atoms with van der Waals surface area (Å²) in [5.74, 6) is -1.17. The number of rotatable bonds is 1. The van der Waals surface area contributed by atoms with E-state index in [2.05, 4.69) is 10.6 Å². The third kappa shape index (κ3) is 13.0. The molecular formula is C54H116N12O14. The number of amides is 5. The van der Waals surface area contributed by atoms with E-state index in [0.29, 0.717) is 30.7 Å². The van der Waals surface area contributed by atoms with Crippen LogP contribution in [0.2, 0.25) is 0 Å². The highest BCUT2D eigenvalue weighted by molar-refractivity contribution is 5.90. The molecule has 7 aliphatic heterocycles. The number of piperidine rings is 2. The van der Waals surface area contributed by atoms with Gasteiger partial charge in [-0.05, 0) is 179 Å². The van der Waals surface area contributed by atoms with Crippen LogP contribution in [0.5, 0.6) is 0 Å². The van der Waals surface area contributed by atoms with Gasteiger partial charge in [0, 0.05) is 42.0 Å². The molecule has 5 amide bonds. The van der Waals surface area contributed by atoms with Crippen molar-refractivity contribution in [2.24, 2.45) is 0 Å². The molecule has 0 aromatic carbocycles. The van der Waals surface area contributed by atoms with E-state index in [1.165, 1.54) is 27.4 Å². The average molecular weight is 1160 g/mol. The molecule has 10 N–H and O–H groups in total. The predicted octanol–water partition coefficient (Wildman–Crippen LogP) is 7.51. The number of hydrogen-bond donors (Lipinski definition) is 10. The van der Waals surface area contributed by atoms with Crippen molar-refractivity contribution in [3.8, 4) is 0 Å². The van der Waals surface area contributed by atoms with Crippen molar-refractivity contribution in [3.05, 3.63) is 0 Å². The lowest BCUT2D eigenvalue weighted by Crippen LogP contribution is -2.73. The lowest BCUT2D eigenvalue weighted by Gasteiger charge is -2.59. The Labute approximate surface area is 481 Å². The van der Waals surface area contributed by atoms with Crippen molar-refractivity contribution >= 4 is 29.5 Å². The average Bonchev–Trinajstić information content (AvgIpc) is 3.66. The molecule has 7 aliphatic rings. The Kier molecular flexibility index (Phi) is 24.3. The van der Waals surface area contributed by atoms with Crippen LogP contribution in [0.4, 0.5) is 0 Å². The second kappa shape index (κ2) is 24.0. The maximum Gasteiger partial charge on any atom is 0.270 e.